The number of amides is 2. The largest absolute Gasteiger partial charge is 0.494 e. The molecule has 2 aliphatic rings. The van der Waals surface area contributed by atoms with Gasteiger partial charge in [-0.05, 0) is 67.4 Å². The van der Waals surface area contributed by atoms with Crippen molar-refractivity contribution in [1.82, 2.24) is 0 Å². The van der Waals surface area contributed by atoms with E-state index in [4.69, 9.17) is 14.3 Å². The summed E-state index contributed by atoms with van der Waals surface area (Å²) in [6.07, 6.45) is 5.01. The van der Waals surface area contributed by atoms with Crippen LogP contribution in [-0.4, -0.2) is 31.1 Å². The van der Waals surface area contributed by atoms with Crippen LogP contribution in [0.4, 0.5) is 11.4 Å². The van der Waals surface area contributed by atoms with Crippen molar-refractivity contribution >= 4 is 23.2 Å². The molecule has 0 unspecified atom stereocenters. The molecule has 3 aromatic rings. The van der Waals surface area contributed by atoms with Gasteiger partial charge in [-0.25, -0.2) is 9.96 Å². The van der Waals surface area contributed by atoms with Crippen molar-refractivity contribution in [2.24, 2.45) is 5.92 Å². The summed E-state index contributed by atoms with van der Waals surface area (Å²) in [7, 11) is 0. The summed E-state index contributed by atoms with van der Waals surface area (Å²) in [6.45, 7) is 5.34. The Morgan fingerprint density at radius 2 is 1.38 bits per heavy atom. The van der Waals surface area contributed by atoms with Gasteiger partial charge in [-0.3, -0.25) is 14.4 Å². The van der Waals surface area contributed by atoms with Crippen LogP contribution in [0.25, 0.3) is 0 Å². The van der Waals surface area contributed by atoms with Crippen LogP contribution >= 0.6 is 0 Å². The maximum Gasteiger partial charge on any atom is 0.266 e. The average molecular weight is 529 g/mol. The quantitative estimate of drug-likeness (QED) is 0.198. The molecule has 5 rings (SSSR count). The van der Waals surface area contributed by atoms with Gasteiger partial charge >= 0.3 is 0 Å². The van der Waals surface area contributed by atoms with Crippen molar-refractivity contribution in [3.05, 3.63) is 84.4 Å². The molecule has 3 atom stereocenters. The third kappa shape index (κ3) is 5.64. The van der Waals surface area contributed by atoms with E-state index in [1.807, 2.05) is 61.5 Å². The number of fused-ring (bicyclic) bond motifs is 1. The Labute approximate surface area is 230 Å². The highest BCUT2D eigenvalue weighted by molar-refractivity contribution is 6.23. The summed E-state index contributed by atoms with van der Waals surface area (Å²) < 4.78 is 11.5. The van der Waals surface area contributed by atoms with Crippen LogP contribution in [0.5, 0.6) is 11.5 Å². The average Bonchev–Trinajstić information content (AvgIpc) is 3.48. The lowest BCUT2D eigenvalue weighted by atomic mass is 9.90. The van der Waals surface area contributed by atoms with Crippen LogP contribution in [-0.2, 0) is 14.4 Å². The molecule has 0 aliphatic carbocycles. The third-order valence-corrected chi connectivity index (χ3v) is 7.27. The maximum absolute atomic E-state index is 13.8. The number of imide groups is 1. The minimum absolute atomic E-state index is 0.273. The molecule has 0 radical (unpaired) electrons. The van der Waals surface area contributed by atoms with Gasteiger partial charge in [0.1, 0.15) is 17.4 Å². The predicted octanol–water partition coefficient (Wildman–Crippen LogP) is 6.49. The lowest BCUT2D eigenvalue weighted by molar-refractivity contribution is -0.126. The monoisotopic (exact) mass is 528 g/mol. The Morgan fingerprint density at radius 3 is 2.08 bits per heavy atom. The van der Waals surface area contributed by atoms with E-state index in [1.54, 1.807) is 29.3 Å². The van der Waals surface area contributed by atoms with Crippen LogP contribution in [0.3, 0.4) is 0 Å². The number of benzene rings is 3. The molecule has 7 nitrogen and oxygen atoms in total. The smallest absolute Gasteiger partial charge is 0.266 e. The van der Waals surface area contributed by atoms with Crippen LogP contribution in [0, 0.1) is 5.92 Å². The summed E-state index contributed by atoms with van der Waals surface area (Å²) in [5.74, 6) is 0.161. The van der Waals surface area contributed by atoms with Gasteiger partial charge in [0.25, 0.3) is 5.91 Å². The van der Waals surface area contributed by atoms with Crippen molar-refractivity contribution in [2.75, 3.05) is 23.2 Å². The van der Waals surface area contributed by atoms with Crippen LogP contribution < -0.4 is 19.4 Å². The number of unbranched alkanes of at least 4 members (excludes halogenated alkanes) is 4. The van der Waals surface area contributed by atoms with Crippen LogP contribution in [0.15, 0.2) is 78.9 Å². The van der Waals surface area contributed by atoms with E-state index >= 15 is 0 Å². The highest BCUT2D eigenvalue weighted by Gasteiger charge is 2.60. The maximum atomic E-state index is 13.8. The van der Waals surface area contributed by atoms with Crippen molar-refractivity contribution < 1.29 is 23.9 Å². The summed E-state index contributed by atoms with van der Waals surface area (Å²) in [5, 5.41) is 1.71. The second-order valence-electron chi connectivity index (χ2n) is 9.93. The lowest BCUT2D eigenvalue weighted by Crippen LogP contribution is -2.37. The summed E-state index contributed by atoms with van der Waals surface area (Å²) in [6, 6.07) is 23.9. The van der Waals surface area contributed by atoms with Gasteiger partial charge in [0.15, 0.2) is 6.10 Å². The number of ether oxygens (including phenoxy) is 2. The zero-order valence-corrected chi connectivity index (χ0v) is 22.6. The number of hydrogen-bond acceptors (Lipinski definition) is 6. The topological polar surface area (TPSA) is 68.3 Å². The molecule has 204 valence electrons. The van der Waals surface area contributed by atoms with Gasteiger partial charge in [-0.15, -0.1) is 0 Å². The Hall–Kier alpha value is -3.84. The first-order valence-corrected chi connectivity index (χ1v) is 14.0. The minimum Gasteiger partial charge on any atom is -0.494 e. The molecule has 7 heteroatoms. The zero-order chi connectivity index (χ0) is 27.2. The van der Waals surface area contributed by atoms with E-state index in [-0.39, 0.29) is 11.8 Å². The molecule has 39 heavy (non-hydrogen) atoms. The normalized spacial score (nSPS) is 20.4. The number of para-hydroxylation sites is 1. The van der Waals surface area contributed by atoms with E-state index in [9.17, 15) is 9.59 Å². The molecular formula is C32H36N2O5. The fraction of sp³-hybridized carbons (Fsp3) is 0.375. The minimum atomic E-state index is -0.909. The molecule has 3 aromatic carbocycles. The van der Waals surface area contributed by atoms with Gasteiger partial charge in [-0.2, -0.15) is 0 Å². The molecule has 0 saturated carbocycles. The molecule has 2 heterocycles. The van der Waals surface area contributed by atoms with Crippen LogP contribution in [0.2, 0.25) is 0 Å². The summed E-state index contributed by atoms with van der Waals surface area (Å²) in [5.41, 5.74) is 2.19. The first-order chi connectivity index (χ1) is 19.1. The van der Waals surface area contributed by atoms with E-state index < -0.39 is 18.1 Å². The Morgan fingerprint density at radius 1 is 0.718 bits per heavy atom. The van der Waals surface area contributed by atoms with Crippen LogP contribution in [0.1, 0.15) is 57.6 Å². The number of hydrogen-bond donors (Lipinski definition) is 0. The molecule has 2 amide bonds. The van der Waals surface area contributed by atoms with Gasteiger partial charge in [-0.1, -0.05) is 62.9 Å². The van der Waals surface area contributed by atoms with Gasteiger partial charge in [0.05, 0.1) is 30.6 Å². The zero-order valence-electron chi connectivity index (χ0n) is 22.6. The SMILES string of the molecule is CCCCCCCOc1ccc([C@H]2[C@H]3C(=O)N(c4ccc(OCC)cc4)C(=O)[C@H]3ON2c2ccccc2)cc1. The molecule has 2 aliphatic heterocycles. The molecule has 0 N–H and O–H groups in total. The van der Waals surface area contributed by atoms with E-state index in [0.717, 1.165) is 23.4 Å². The van der Waals surface area contributed by atoms with Crippen molar-refractivity contribution in [3.8, 4) is 11.5 Å². The molecular weight excluding hydrogens is 492 g/mol. The lowest BCUT2D eigenvalue weighted by Gasteiger charge is -2.29. The number of carbonyl (C=O) groups is 2. The Bertz CT molecular complexity index is 1250. The summed E-state index contributed by atoms with van der Waals surface area (Å²) in [4.78, 5) is 34.8. The number of nitrogens with zero attached hydrogens (tertiary/aromatic N) is 2. The Balaban J connectivity index is 1.37. The fourth-order valence-electron chi connectivity index (χ4n) is 5.32. The fourth-order valence-corrected chi connectivity index (χ4v) is 5.32. The van der Waals surface area contributed by atoms with Gasteiger partial charge in [0.2, 0.25) is 5.91 Å². The molecule has 2 fully saturated rings. The highest BCUT2D eigenvalue weighted by Crippen LogP contribution is 2.47. The molecule has 2 saturated heterocycles. The number of rotatable bonds is 12. The molecule has 0 spiro atoms. The Kier molecular flexibility index (Phi) is 8.47. The van der Waals surface area contributed by atoms with Crippen molar-refractivity contribution in [1.29, 1.82) is 0 Å². The van der Waals surface area contributed by atoms with Crippen molar-refractivity contribution in [3.63, 3.8) is 0 Å². The number of anilines is 2. The molecule has 0 bridgehead atoms. The standard InChI is InChI=1S/C32H36N2O5/c1-3-5-6-7-11-22-38-27-18-14-23(15-19-27)29-28-30(39-34(29)25-12-9-8-10-13-25)32(36)33(31(28)35)24-16-20-26(21-17-24)37-4-2/h8-10,12-21,28-30H,3-7,11,22H2,1-2H3/t28-,29+,30+/m1/s1. The third-order valence-electron chi connectivity index (χ3n) is 7.27. The van der Waals surface area contributed by atoms with Crippen molar-refractivity contribution in [2.45, 2.75) is 58.1 Å². The highest BCUT2D eigenvalue weighted by atomic mass is 16.7. The second kappa shape index (κ2) is 12.3. The second-order valence-corrected chi connectivity index (χ2v) is 9.93. The first-order valence-electron chi connectivity index (χ1n) is 14.0. The predicted molar refractivity (Wildman–Crippen MR) is 151 cm³/mol. The van der Waals surface area contributed by atoms with E-state index in [0.29, 0.717) is 24.7 Å². The number of hydroxylamine groups is 1. The van der Waals surface area contributed by atoms with E-state index in [1.165, 1.54) is 30.6 Å². The summed E-state index contributed by atoms with van der Waals surface area (Å²) >= 11 is 0. The first kappa shape index (κ1) is 26.8. The van der Waals surface area contributed by atoms with Gasteiger partial charge < -0.3 is 9.47 Å². The van der Waals surface area contributed by atoms with E-state index in [2.05, 4.69) is 6.92 Å². The van der Waals surface area contributed by atoms with Gasteiger partial charge in [0, 0.05) is 0 Å². The number of carbonyl (C=O) groups excluding carboxylic acids is 2. The molecule has 0 aromatic heterocycles.